The fraction of sp³-hybridized carbons (Fsp3) is 0.125. The largest absolute Gasteiger partial charge is 0.497 e. The van der Waals surface area contributed by atoms with Gasteiger partial charge in [0.1, 0.15) is 5.75 Å². The first-order chi connectivity index (χ1) is 9.67. The van der Waals surface area contributed by atoms with Gasteiger partial charge in [-0.2, -0.15) is 0 Å². The van der Waals surface area contributed by atoms with Crippen molar-refractivity contribution in [3.8, 4) is 16.9 Å². The normalized spacial score (nSPS) is 10.7. The first-order valence-corrected chi connectivity index (χ1v) is 6.22. The van der Waals surface area contributed by atoms with E-state index in [2.05, 4.69) is 4.98 Å². The lowest BCUT2D eigenvalue weighted by Crippen LogP contribution is -2.03. The zero-order chi connectivity index (χ0) is 14.1. The SMILES string of the molecule is COc1ccc(-c2cc3cc(C)ncc3oc2=O)cc1. The van der Waals surface area contributed by atoms with Gasteiger partial charge in [-0.25, -0.2) is 4.79 Å². The minimum absolute atomic E-state index is 0.367. The van der Waals surface area contributed by atoms with Crippen molar-refractivity contribution >= 4 is 11.0 Å². The van der Waals surface area contributed by atoms with Gasteiger partial charge >= 0.3 is 5.63 Å². The molecule has 0 atom stereocenters. The van der Waals surface area contributed by atoms with Crippen molar-refractivity contribution in [1.29, 1.82) is 0 Å². The van der Waals surface area contributed by atoms with Crippen molar-refractivity contribution in [2.24, 2.45) is 0 Å². The van der Waals surface area contributed by atoms with Crippen LogP contribution in [-0.4, -0.2) is 12.1 Å². The highest BCUT2D eigenvalue weighted by atomic mass is 16.5. The molecule has 2 aromatic heterocycles. The second-order valence-electron chi connectivity index (χ2n) is 4.54. The Morgan fingerprint density at radius 1 is 1.15 bits per heavy atom. The molecule has 3 rings (SSSR count). The lowest BCUT2D eigenvalue weighted by Gasteiger charge is -2.04. The number of methoxy groups -OCH3 is 1. The number of aryl methyl sites for hydroxylation is 1. The molecule has 0 aliphatic carbocycles. The van der Waals surface area contributed by atoms with Gasteiger partial charge in [0, 0.05) is 11.1 Å². The van der Waals surface area contributed by atoms with Gasteiger partial charge in [0.15, 0.2) is 5.58 Å². The molecule has 0 radical (unpaired) electrons. The summed E-state index contributed by atoms with van der Waals surface area (Å²) in [6, 6.07) is 11.0. The Kier molecular flexibility index (Phi) is 2.99. The zero-order valence-electron chi connectivity index (χ0n) is 11.2. The highest BCUT2D eigenvalue weighted by Gasteiger charge is 2.08. The van der Waals surface area contributed by atoms with Gasteiger partial charge in [-0.3, -0.25) is 4.98 Å². The zero-order valence-corrected chi connectivity index (χ0v) is 11.2. The number of pyridine rings is 1. The highest BCUT2D eigenvalue weighted by molar-refractivity contribution is 5.81. The molecule has 0 amide bonds. The van der Waals surface area contributed by atoms with Gasteiger partial charge in [0.25, 0.3) is 0 Å². The summed E-state index contributed by atoms with van der Waals surface area (Å²) < 4.78 is 10.4. The number of ether oxygens (including phenoxy) is 1. The number of aromatic nitrogens is 1. The molecule has 0 saturated heterocycles. The quantitative estimate of drug-likeness (QED) is 0.715. The molecule has 0 fully saturated rings. The third-order valence-electron chi connectivity index (χ3n) is 3.16. The van der Waals surface area contributed by atoms with Crippen molar-refractivity contribution in [2.45, 2.75) is 6.92 Å². The van der Waals surface area contributed by atoms with E-state index in [0.29, 0.717) is 11.1 Å². The molecule has 4 nitrogen and oxygen atoms in total. The van der Waals surface area contributed by atoms with Crippen LogP contribution in [0.3, 0.4) is 0 Å². The van der Waals surface area contributed by atoms with Crippen LogP contribution in [0.2, 0.25) is 0 Å². The minimum atomic E-state index is -0.367. The monoisotopic (exact) mass is 267 g/mol. The highest BCUT2D eigenvalue weighted by Crippen LogP contribution is 2.23. The van der Waals surface area contributed by atoms with E-state index < -0.39 is 0 Å². The Morgan fingerprint density at radius 2 is 1.90 bits per heavy atom. The summed E-state index contributed by atoms with van der Waals surface area (Å²) in [7, 11) is 1.61. The molecule has 100 valence electrons. The summed E-state index contributed by atoms with van der Waals surface area (Å²) in [5.41, 5.74) is 2.35. The fourth-order valence-electron chi connectivity index (χ4n) is 2.11. The summed E-state index contributed by atoms with van der Waals surface area (Å²) in [5, 5.41) is 0.864. The third kappa shape index (κ3) is 2.16. The topological polar surface area (TPSA) is 52.3 Å². The summed E-state index contributed by atoms with van der Waals surface area (Å²) in [6.45, 7) is 1.90. The molecule has 0 aliphatic heterocycles. The number of fused-ring (bicyclic) bond motifs is 1. The van der Waals surface area contributed by atoms with E-state index in [1.807, 2.05) is 43.3 Å². The van der Waals surface area contributed by atoms with Crippen LogP contribution in [0.15, 0.2) is 51.8 Å². The van der Waals surface area contributed by atoms with E-state index in [1.54, 1.807) is 13.3 Å². The first-order valence-electron chi connectivity index (χ1n) is 6.22. The number of benzene rings is 1. The molecule has 0 bridgehead atoms. The summed E-state index contributed by atoms with van der Waals surface area (Å²) in [4.78, 5) is 16.2. The second-order valence-corrected chi connectivity index (χ2v) is 4.54. The predicted octanol–water partition coefficient (Wildman–Crippen LogP) is 3.17. The smallest absolute Gasteiger partial charge is 0.344 e. The summed E-state index contributed by atoms with van der Waals surface area (Å²) in [5.74, 6) is 0.749. The van der Waals surface area contributed by atoms with E-state index >= 15 is 0 Å². The van der Waals surface area contributed by atoms with Crippen LogP contribution in [0.25, 0.3) is 22.1 Å². The molecular weight excluding hydrogens is 254 g/mol. The molecule has 2 heterocycles. The molecule has 0 N–H and O–H groups in total. The van der Waals surface area contributed by atoms with Crippen LogP contribution >= 0.6 is 0 Å². The Hall–Kier alpha value is -2.62. The number of rotatable bonds is 2. The fourth-order valence-corrected chi connectivity index (χ4v) is 2.11. The van der Waals surface area contributed by atoms with Crippen molar-refractivity contribution in [3.63, 3.8) is 0 Å². The predicted molar refractivity (Wildman–Crippen MR) is 77.0 cm³/mol. The number of nitrogens with zero attached hydrogens (tertiary/aromatic N) is 1. The molecule has 0 unspecified atom stereocenters. The Balaban J connectivity index is 2.19. The Morgan fingerprint density at radius 3 is 2.60 bits per heavy atom. The molecule has 0 saturated carbocycles. The van der Waals surface area contributed by atoms with Crippen LogP contribution in [0, 0.1) is 6.92 Å². The number of hydrogen-bond acceptors (Lipinski definition) is 4. The lowest BCUT2D eigenvalue weighted by molar-refractivity contribution is 0.415. The average Bonchev–Trinajstić information content (AvgIpc) is 2.47. The summed E-state index contributed by atoms with van der Waals surface area (Å²) in [6.07, 6.45) is 1.57. The molecule has 4 heteroatoms. The molecular formula is C16H13NO3. The Labute approximate surface area is 115 Å². The minimum Gasteiger partial charge on any atom is -0.497 e. The van der Waals surface area contributed by atoms with E-state index in [0.717, 1.165) is 22.4 Å². The van der Waals surface area contributed by atoms with Crippen molar-refractivity contribution in [2.75, 3.05) is 7.11 Å². The van der Waals surface area contributed by atoms with E-state index in [4.69, 9.17) is 9.15 Å². The maximum absolute atomic E-state index is 12.0. The van der Waals surface area contributed by atoms with Crippen LogP contribution in [-0.2, 0) is 0 Å². The van der Waals surface area contributed by atoms with Gasteiger partial charge in [-0.15, -0.1) is 0 Å². The summed E-state index contributed by atoms with van der Waals surface area (Å²) >= 11 is 0. The lowest BCUT2D eigenvalue weighted by atomic mass is 10.1. The Bertz CT molecular complexity index is 819. The maximum atomic E-state index is 12.0. The maximum Gasteiger partial charge on any atom is 0.344 e. The standard InChI is InChI=1S/C16H13NO3/c1-10-7-12-8-14(16(18)20-15(12)9-17-10)11-3-5-13(19-2)6-4-11/h3-9H,1-2H3. The van der Waals surface area contributed by atoms with Crippen molar-refractivity contribution in [1.82, 2.24) is 4.98 Å². The van der Waals surface area contributed by atoms with Gasteiger partial charge in [-0.1, -0.05) is 12.1 Å². The molecule has 3 aromatic rings. The van der Waals surface area contributed by atoms with Crippen LogP contribution < -0.4 is 10.4 Å². The van der Waals surface area contributed by atoms with E-state index in [-0.39, 0.29) is 5.63 Å². The second kappa shape index (κ2) is 4.81. The van der Waals surface area contributed by atoms with E-state index in [9.17, 15) is 4.79 Å². The van der Waals surface area contributed by atoms with Gasteiger partial charge < -0.3 is 9.15 Å². The van der Waals surface area contributed by atoms with Crippen molar-refractivity contribution in [3.05, 3.63) is 58.7 Å². The third-order valence-corrected chi connectivity index (χ3v) is 3.16. The molecule has 1 aromatic carbocycles. The molecule has 0 spiro atoms. The van der Waals surface area contributed by atoms with Crippen molar-refractivity contribution < 1.29 is 9.15 Å². The van der Waals surface area contributed by atoms with Crippen LogP contribution in [0.1, 0.15) is 5.69 Å². The van der Waals surface area contributed by atoms with Crippen LogP contribution in [0.4, 0.5) is 0 Å². The molecule has 0 aliphatic rings. The number of hydrogen-bond donors (Lipinski definition) is 0. The van der Waals surface area contributed by atoms with Gasteiger partial charge in [0.2, 0.25) is 0 Å². The van der Waals surface area contributed by atoms with Gasteiger partial charge in [0.05, 0.1) is 18.9 Å². The average molecular weight is 267 g/mol. The molecule has 20 heavy (non-hydrogen) atoms. The van der Waals surface area contributed by atoms with Gasteiger partial charge in [-0.05, 0) is 36.8 Å². The van der Waals surface area contributed by atoms with E-state index in [1.165, 1.54) is 0 Å². The van der Waals surface area contributed by atoms with Crippen LogP contribution in [0.5, 0.6) is 5.75 Å². The first kappa shape index (κ1) is 12.4.